The van der Waals surface area contributed by atoms with Crippen LogP contribution in [0.15, 0.2) is 60.7 Å². The molecule has 0 heterocycles. The molecule has 0 spiro atoms. The first-order valence-corrected chi connectivity index (χ1v) is 39.2. The van der Waals surface area contributed by atoms with Crippen LogP contribution in [0.2, 0.25) is 0 Å². The van der Waals surface area contributed by atoms with E-state index < -0.39 is 0 Å². The van der Waals surface area contributed by atoms with E-state index in [1.54, 1.807) is 0 Å². The van der Waals surface area contributed by atoms with E-state index in [4.69, 9.17) is 47.4 Å². The number of likely N-dealkylation sites (N-methyl/N-ethyl adjacent to an activating group) is 10. The first kappa shape index (κ1) is 91.3. The van der Waals surface area contributed by atoms with Crippen molar-refractivity contribution in [3.05, 3.63) is 116 Å². The molecule has 0 aliphatic carbocycles. The van der Waals surface area contributed by atoms with Crippen LogP contribution < -0.4 is 47.4 Å². The average molecular weight is 1500 g/mol. The van der Waals surface area contributed by atoms with Gasteiger partial charge in [-0.25, -0.2) is 0 Å². The fourth-order valence-corrected chi connectivity index (χ4v) is 11.1. The number of rotatable bonds is 49. The summed E-state index contributed by atoms with van der Waals surface area (Å²) in [5, 5.41) is 0. The van der Waals surface area contributed by atoms with Gasteiger partial charge >= 0.3 is 0 Å². The Hall–Kier alpha value is -6.30. The van der Waals surface area contributed by atoms with E-state index in [1.807, 2.05) is 0 Å². The van der Waals surface area contributed by atoms with Crippen LogP contribution >= 0.6 is 0 Å². The number of ether oxygens (including phenoxy) is 10. The monoisotopic (exact) mass is 1500 g/mol. The van der Waals surface area contributed by atoms with Gasteiger partial charge in [0.2, 0.25) is 0 Å². The molecule has 20 nitrogen and oxygen atoms in total. The number of quaternary nitrogens is 10. The third-order valence-electron chi connectivity index (χ3n) is 18.4. The van der Waals surface area contributed by atoms with Crippen molar-refractivity contribution in [2.24, 2.45) is 0 Å². The number of hydrogen-bond acceptors (Lipinski definition) is 10. The van der Waals surface area contributed by atoms with Crippen LogP contribution in [-0.4, -0.2) is 388 Å². The topological polar surface area (TPSA) is 92.3 Å². The highest BCUT2D eigenvalue weighted by molar-refractivity contribution is 5.58. The molecule has 0 aromatic heterocycles. The largest absolute Gasteiger partial charge is 0.487 e. The van der Waals surface area contributed by atoms with Crippen LogP contribution in [-0.2, 0) is 32.1 Å². The molecule has 107 heavy (non-hydrogen) atoms. The second-order valence-corrected chi connectivity index (χ2v) is 40.2. The number of hydrogen-bond donors (Lipinski definition) is 0. The summed E-state index contributed by atoms with van der Waals surface area (Å²) in [6, 6.07) is 22.2. The summed E-state index contributed by atoms with van der Waals surface area (Å²) in [5.41, 5.74) is 10.2. The number of benzene rings is 5. The zero-order valence-corrected chi connectivity index (χ0v) is 74.0. The van der Waals surface area contributed by atoms with Gasteiger partial charge in [-0.1, -0.05) is 6.92 Å². The highest BCUT2D eigenvalue weighted by Gasteiger charge is 2.27. The summed E-state index contributed by atoms with van der Waals surface area (Å²) in [6.07, 6.45) is 2.78. The zero-order valence-electron chi connectivity index (χ0n) is 74.0. The Bertz CT molecular complexity index is 3580. The standard InChI is InChI=1S/C87H156N10O10/c1-33-69-59-81(101-47-37-91(12,13)14)71(61-80(69)100-46-36-90(9,10)11)56-73-63-85(105-51-41-95(24,25)26)75(65-84(73)104-50-40-94(21,22)23)58-77-67-86(106-52-42-96(27,28)29)76(66-87(77)107-53-43-97(30,31)32)57-74-64-82(102-48-38-92(15,16)17)72(62-83(74)103-49-39-93(18,19)20)55-70-60-78(98-44-34-88(3,4)5)68(2)54-79(70)99-45-35-89(6,7)8/h54,59-67H,33-53,55-58H2,1-32H3/q+10. The number of nitrogens with zero attached hydrogens (tertiary/aromatic N) is 10. The smallest absolute Gasteiger partial charge is 0.137 e. The van der Waals surface area contributed by atoms with Crippen molar-refractivity contribution in [3.8, 4) is 57.5 Å². The van der Waals surface area contributed by atoms with E-state index in [0.29, 0.717) is 91.8 Å². The molecule has 5 aromatic carbocycles. The Morgan fingerprint density at radius 1 is 0.178 bits per heavy atom. The maximum absolute atomic E-state index is 7.20. The molecular weight excluding hydrogens is 1350 g/mol. The lowest BCUT2D eigenvalue weighted by Crippen LogP contribution is -2.38. The second kappa shape index (κ2) is 38.6. The highest BCUT2D eigenvalue weighted by Crippen LogP contribution is 2.42. The minimum Gasteiger partial charge on any atom is -0.487 e. The van der Waals surface area contributed by atoms with Crippen molar-refractivity contribution in [2.45, 2.75) is 46.0 Å². The Labute approximate surface area is 651 Å². The first-order valence-electron chi connectivity index (χ1n) is 39.2. The Balaban J connectivity index is 1.85. The predicted octanol–water partition coefficient (Wildman–Crippen LogP) is 9.77. The minimum atomic E-state index is 0.465. The van der Waals surface area contributed by atoms with Crippen LogP contribution in [0.4, 0.5) is 0 Å². The van der Waals surface area contributed by atoms with Crippen molar-refractivity contribution in [1.82, 2.24) is 0 Å². The lowest BCUT2D eigenvalue weighted by atomic mass is 9.94. The molecule has 0 radical (unpaired) electrons. The van der Waals surface area contributed by atoms with Crippen LogP contribution in [0, 0.1) is 6.92 Å². The van der Waals surface area contributed by atoms with E-state index in [9.17, 15) is 0 Å². The molecule has 0 unspecified atom stereocenters. The molecule has 5 aromatic rings. The fourth-order valence-electron chi connectivity index (χ4n) is 11.1. The van der Waals surface area contributed by atoms with Gasteiger partial charge in [0.05, 0.1) is 211 Å². The van der Waals surface area contributed by atoms with Crippen LogP contribution in [0.5, 0.6) is 57.5 Å². The predicted molar refractivity (Wildman–Crippen MR) is 441 cm³/mol. The Morgan fingerprint density at radius 3 is 0.449 bits per heavy atom. The quantitative estimate of drug-likeness (QED) is 0.0351. The molecule has 0 aliphatic rings. The third-order valence-corrected chi connectivity index (χ3v) is 18.4. The van der Waals surface area contributed by atoms with E-state index >= 15 is 0 Å². The lowest BCUT2D eigenvalue weighted by molar-refractivity contribution is -0.870. The van der Waals surface area contributed by atoms with Gasteiger partial charge in [-0.05, 0) is 85.1 Å². The van der Waals surface area contributed by atoms with Crippen molar-refractivity contribution in [1.29, 1.82) is 0 Å². The highest BCUT2D eigenvalue weighted by atomic mass is 16.5. The zero-order chi connectivity index (χ0) is 80.4. The molecule has 0 saturated heterocycles. The van der Waals surface area contributed by atoms with E-state index in [1.165, 1.54) is 0 Å². The fraction of sp³-hybridized carbons (Fsp3) is 0.655. The van der Waals surface area contributed by atoms with Crippen LogP contribution in [0.3, 0.4) is 0 Å². The molecule has 604 valence electrons. The van der Waals surface area contributed by atoms with Gasteiger partial charge in [0.25, 0.3) is 0 Å². The van der Waals surface area contributed by atoms with Crippen LogP contribution in [0.1, 0.15) is 62.6 Å². The molecule has 0 fully saturated rings. The van der Waals surface area contributed by atoms with Gasteiger partial charge in [-0.15, -0.1) is 0 Å². The molecule has 0 bridgehead atoms. The summed E-state index contributed by atoms with van der Waals surface area (Å²) in [6.45, 7) is 17.8. The van der Waals surface area contributed by atoms with Gasteiger partial charge in [0.1, 0.15) is 189 Å². The summed E-state index contributed by atoms with van der Waals surface area (Å²) >= 11 is 0. The maximum Gasteiger partial charge on any atom is 0.137 e. The van der Waals surface area contributed by atoms with Gasteiger partial charge < -0.3 is 92.2 Å². The summed E-state index contributed by atoms with van der Waals surface area (Å²) in [4.78, 5) is 0. The minimum absolute atomic E-state index is 0.465. The molecule has 0 saturated carbocycles. The molecule has 5 rings (SSSR count). The van der Waals surface area contributed by atoms with Gasteiger partial charge in [0, 0.05) is 70.2 Å². The summed E-state index contributed by atoms with van der Waals surface area (Å²) in [7, 11) is 66.2. The van der Waals surface area contributed by atoms with E-state index in [2.05, 4.69) is 286 Å². The Kier molecular flexibility index (Phi) is 32.9. The Morgan fingerprint density at radius 2 is 0.299 bits per heavy atom. The summed E-state index contributed by atoms with van der Waals surface area (Å²) in [5.74, 6) is 8.20. The van der Waals surface area contributed by atoms with Crippen molar-refractivity contribution < 1.29 is 92.2 Å². The molecule has 0 N–H and O–H groups in total. The molecule has 0 amide bonds. The lowest BCUT2D eigenvalue weighted by Gasteiger charge is -2.27. The van der Waals surface area contributed by atoms with E-state index in [0.717, 1.165) is 230 Å². The van der Waals surface area contributed by atoms with Crippen molar-refractivity contribution in [3.63, 3.8) is 0 Å². The normalized spacial score (nSPS) is 13.0. The average Bonchev–Trinajstić information content (AvgIpc) is 0.833. The molecule has 0 atom stereocenters. The van der Waals surface area contributed by atoms with Gasteiger partial charge in [-0.2, -0.15) is 0 Å². The van der Waals surface area contributed by atoms with Crippen molar-refractivity contribution in [2.75, 3.05) is 343 Å². The third kappa shape index (κ3) is 36.4. The van der Waals surface area contributed by atoms with Gasteiger partial charge in [-0.3, -0.25) is 0 Å². The molecular formula is C87H156N10O10+10. The second-order valence-electron chi connectivity index (χ2n) is 40.2. The van der Waals surface area contributed by atoms with Crippen molar-refractivity contribution >= 4 is 0 Å². The molecule has 20 heteroatoms. The number of aryl methyl sites for hydroxylation is 2. The maximum atomic E-state index is 7.20. The van der Waals surface area contributed by atoms with Crippen LogP contribution in [0.25, 0.3) is 0 Å². The molecule has 0 aliphatic heterocycles. The SMILES string of the molecule is CCc1cc(OCC[N+](C)(C)C)c(Cc2cc(OCC[N+](C)(C)C)c(Cc3cc(OCC[N+](C)(C)C)c(Cc4cc(OCC[N+](C)(C)C)c(Cc5cc(OCC[N+](C)(C)C)c(C)cc5OCC[N+](C)(C)C)cc4OCC[N+](C)(C)C)cc3OCC[N+](C)(C)C)cc2OCC[N+](C)(C)C)cc1OCC[N+](C)(C)C. The first-order chi connectivity index (χ1) is 49.1. The summed E-state index contributed by atoms with van der Waals surface area (Å²) < 4.78 is 77.5. The van der Waals surface area contributed by atoms with Gasteiger partial charge in [0.15, 0.2) is 0 Å². The van der Waals surface area contributed by atoms with E-state index in [-0.39, 0.29) is 0 Å².